The van der Waals surface area contributed by atoms with Crippen LogP contribution in [0, 0.1) is 6.92 Å². The largest absolute Gasteiger partial charge is 0.477 e. The Kier molecular flexibility index (Phi) is 3.79. The molecule has 1 aliphatic rings. The van der Waals surface area contributed by atoms with Crippen LogP contribution in [0.2, 0.25) is 0 Å². The molecular weight excluding hydrogens is 334 g/mol. The second kappa shape index (κ2) is 5.73. The van der Waals surface area contributed by atoms with Crippen molar-refractivity contribution in [3.63, 3.8) is 0 Å². The van der Waals surface area contributed by atoms with Gasteiger partial charge >= 0.3 is 0 Å². The summed E-state index contributed by atoms with van der Waals surface area (Å²) < 4.78 is 6.48. The molecule has 0 bridgehead atoms. The maximum atomic E-state index is 12.3. The molecule has 0 spiro atoms. The van der Waals surface area contributed by atoms with Crippen molar-refractivity contribution in [3.05, 3.63) is 46.7 Å². The van der Waals surface area contributed by atoms with Gasteiger partial charge in [0, 0.05) is 0 Å². The van der Waals surface area contributed by atoms with E-state index in [-0.39, 0.29) is 5.91 Å². The number of fused-ring (bicyclic) bond motifs is 1. The quantitative estimate of drug-likeness (QED) is 0.819. The fraction of sp³-hybridized carbons (Fsp3) is 0.200. The second-order valence-corrected chi connectivity index (χ2v) is 5.56. The maximum absolute atomic E-state index is 12.3. The molecule has 0 saturated carbocycles. The zero-order chi connectivity index (χ0) is 14.8. The average Bonchev–Trinajstić information content (AvgIpc) is 2.50. The van der Waals surface area contributed by atoms with E-state index in [0.717, 1.165) is 15.9 Å². The lowest BCUT2D eigenvalue weighted by atomic mass is 10.2. The Morgan fingerprint density at radius 1 is 1.48 bits per heavy atom. The lowest BCUT2D eigenvalue weighted by Gasteiger charge is -2.26. The number of nitrogens with zero attached hydrogens (tertiary/aromatic N) is 1. The summed E-state index contributed by atoms with van der Waals surface area (Å²) in [5, 5.41) is 6.01. The number of amides is 1. The Morgan fingerprint density at radius 3 is 3.10 bits per heavy atom. The molecule has 1 aliphatic heterocycles. The number of hydrogen-bond acceptors (Lipinski definition) is 4. The van der Waals surface area contributed by atoms with Gasteiger partial charge in [-0.05, 0) is 46.6 Å². The van der Waals surface area contributed by atoms with Gasteiger partial charge in [-0.25, -0.2) is 4.98 Å². The first kappa shape index (κ1) is 13.9. The minimum Gasteiger partial charge on any atom is -0.477 e. The first-order chi connectivity index (χ1) is 10.1. The fourth-order valence-corrected chi connectivity index (χ4v) is 2.33. The van der Waals surface area contributed by atoms with Gasteiger partial charge < -0.3 is 15.4 Å². The Morgan fingerprint density at radius 2 is 2.29 bits per heavy atom. The summed E-state index contributed by atoms with van der Waals surface area (Å²) in [7, 11) is 0. The molecule has 0 radical (unpaired) electrons. The number of para-hydroxylation sites is 2. The van der Waals surface area contributed by atoms with Crippen LogP contribution in [0.3, 0.4) is 0 Å². The van der Waals surface area contributed by atoms with Crippen molar-refractivity contribution in [2.75, 3.05) is 17.2 Å². The van der Waals surface area contributed by atoms with E-state index in [1.54, 1.807) is 6.20 Å². The molecule has 6 heteroatoms. The number of aromatic nitrogens is 1. The van der Waals surface area contributed by atoms with E-state index >= 15 is 0 Å². The molecule has 1 amide bonds. The SMILES string of the molecule is Cc1cc(NC(=O)C2CNc3ccccc3O2)cnc1Br. The number of carbonyl (C=O) groups is 1. The molecule has 2 N–H and O–H groups in total. The molecule has 1 aromatic carbocycles. The lowest BCUT2D eigenvalue weighted by molar-refractivity contribution is -0.122. The Bertz CT molecular complexity index is 690. The van der Waals surface area contributed by atoms with E-state index in [2.05, 4.69) is 31.5 Å². The molecule has 108 valence electrons. The van der Waals surface area contributed by atoms with Crippen molar-refractivity contribution < 1.29 is 9.53 Å². The van der Waals surface area contributed by atoms with Gasteiger partial charge in [0.15, 0.2) is 6.10 Å². The molecule has 0 saturated heterocycles. The van der Waals surface area contributed by atoms with Crippen LogP contribution < -0.4 is 15.4 Å². The summed E-state index contributed by atoms with van der Waals surface area (Å²) in [6.45, 7) is 2.35. The Balaban J connectivity index is 1.70. The number of halogens is 1. The van der Waals surface area contributed by atoms with Gasteiger partial charge in [-0.2, -0.15) is 0 Å². The van der Waals surface area contributed by atoms with Crippen LogP contribution >= 0.6 is 15.9 Å². The molecule has 0 fully saturated rings. The summed E-state index contributed by atoms with van der Waals surface area (Å²) in [4.78, 5) is 16.4. The third kappa shape index (κ3) is 3.00. The normalized spacial score (nSPS) is 16.4. The third-order valence-corrected chi connectivity index (χ3v) is 4.04. The van der Waals surface area contributed by atoms with Gasteiger partial charge in [-0.1, -0.05) is 12.1 Å². The highest BCUT2D eigenvalue weighted by Gasteiger charge is 2.25. The van der Waals surface area contributed by atoms with Gasteiger partial charge in [0.1, 0.15) is 10.4 Å². The number of nitrogens with one attached hydrogen (secondary N) is 2. The predicted molar refractivity (Wildman–Crippen MR) is 84.7 cm³/mol. The predicted octanol–water partition coefficient (Wildman–Crippen LogP) is 2.96. The molecule has 5 nitrogen and oxygen atoms in total. The summed E-state index contributed by atoms with van der Waals surface area (Å²) in [6, 6.07) is 9.42. The number of aryl methyl sites for hydroxylation is 1. The van der Waals surface area contributed by atoms with Gasteiger partial charge in [0.2, 0.25) is 0 Å². The monoisotopic (exact) mass is 347 g/mol. The second-order valence-electron chi connectivity index (χ2n) is 4.80. The molecule has 1 atom stereocenters. The number of pyridine rings is 1. The molecule has 2 aromatic rings. The van der Waals surface area contributed by atoms with Gasteiger partial charge in [-0.15, -0.1) is 0 Å². The van der Waals surface area contributed by atoms with Crippen molar-refractivity contribution in [1.82, 2.24) is 4.98 Å². The molecule has 1 aromatic heterocycles. The van der Waals surface area contributed by atoms with Crippen LogP contribution in [0.15, 0.2) is 41.1 Å². The highest BCUT2D eigenvalue weighted by Crippen LogP contribution is 2.28. The van der Waals surface area contributed by atoms with E-state index in [1.165, 1.54) is 0 Å². The Labute approximate surface area is 130 Å². The molecule has 3 rings (SSSR count). The van der Waals surface area contributed by atoms with Crippen molar-refractivity contribution >= 4 is 33.2 Å². The molecule has 1 unspecified atom stereocenters. The van der Waals surface area contributed by atoms with Gasteiger partial charge in [0.25, 0.3) is 5.91 Å². The number of benzene rings is 1. The zero-order valence-corrected chi connectivity index (χ0v) is 13.0. The van der Waals surface area contributed by atoms with Crippen molar-refractivity contribution in [2.45, 2.75) is 13.0 Å². The summed E-state index contributed by atoms with van der Waals surface area (Å²) in [5.74, 6) is 0.495. The maximum Gasteiger partial charge on any atom is 0.267 e. The first-order valence-electron chi connectivity index (χ1n) is 6.56. The number of hydrogen-bond donors (Lipinski definition) is 2. The van der Waals surface area contributed by atoms with Crippen molar-refractivity contribution in [1.29, 1.82) is 0 Å². The number of anilines is 2. The fourth-order valence-electron chi connectivity index (χ4n) is 2.11. The van der Waals surface area contributed by atoms with Crippen LogP contribution in [-0.2, 0) is 4.79 Å². The lowest BCUT2D eigenvalue weighted by Crippen LogP contribution is -2.41. The van der Waals surface area contributed by atoms with E-state index in [4.69, 9.17) is 4.74 Å². The first-order valence-corrected chi connectivity index (χ1v) is 7.35. The van der Waals surface area contributed by atoms with E-state index in [1.807, 2.05) is 37.3 Å². The third-order valence-electron chi connectivity index (χ3n) is 3.21. The molecular formula is C15H14BrN3O2. The summed E-state index contributed by atoms with van der Waals surface area (Å²) in [5.41, 5.74) is 2.52. The summed E-state index contributed by atoms with van der Waals surface area (Å²) >= 11 is 3.33. The number of carbonyl (C=O) groups excluding carboxylic acids is 1. The van der Waals surface area contributed by atoms with Gasteiger partial charge in [0.05, 0.1) is 24.1 Å². The average molecular weight is 348 g/mol. The van der Waals surface area contributed by atoms with Crippen LogP contribution in [0.1, 0.15) is 5.56 Å². The van der Waals surface area contributed by atoms with E-state index in [9.17, 15) is 4.79 Å². The zero-order valence-electron chi connectivity index (χ0n) is 11.4. The minimum atomic E-state index is -0.566. The Hall–Kier alpha value is -2.08. The van der Waals surface area contributed by atoms with Crippen molar-refractivity contribution in [3.8, 4) is 5.75 Å². The molecule has 21 heavy (non-hydrogen) atoms. The minimum absolute atomic E-state index is 0.194. The van der Waals surface area contributed by atoms with Crippen molar-refractivity contribution in [2.24, 2.45) is 0 Å². The van der Waals surface area contributed by atoms with Crippen LogP contribution in [0.5, 0.6) is 5.75 Å². The van der Waals surface area contributed by atoms with Gasteiger partial charge in [-0.3, -0.25) is 4.79 Å². The highest BCUT2D eigenvalue weighted by atomic mass is 79.9. The standard InChI is InChI=1S/C15H14BrN3O2/c1-9-6-10(7-18-14(9)16)19-15(20)13-8-17-11-4-2-3-5-12(11)21-13/h2-7,13,17H,8H2,1H3,(H,19,20). The van der Waals surface area contributed by atoms with Crippen LogP contribution in [0.25, 0.3) is 0 Å². The van der Waals surface area contributed by atoms with E-state index < -0.39 is 6.10 Å². The highest BCUT2D eigenvalue weighted by molar-refractivity contribution is 9.10. The smallest absolute Gasteiger partial charge is 0.267 e. The number of rotatable bonds is 2. The molecule has 0 aliphatic carbocycles. The topological polar surface area (TPSA) is 63.2 Å². The van der Waals surface area contributed by atoms with Crippen LogP contribution in [-0.4, -0.2) is 23.5 Å². The summed E-state index contributed by atoms with van der Waals surface area (Å²) in [6.07, 6.45) is 1.04. The number of ether oxygens (including phenoxy) is 1. The van der Waals surface area contributed by atoms with E-state index in [0.29, 0.717) is 18.0 Å². The molecule has 2 heterocycles. The van der Waals surface area contributed by atoms with Crippen LogP contribution in [0.4, 0.5) is 11.4 Å².